The van der Waals surface area contributed by atoms with Crippen LogP contribution in [-0.2, 0) is 0 Å². The zero-order valence-corrected chi connectivity index (χ0v) is 11.5. The van der Waals surface area contributed by atoms with E-state index < -0.39 is 12.5 Å². The van der Waals surface area contributed by atoms with E-state index in [1.165, 1.54) is 18.5 Å². The van der Waals surface area contributed by atoms with Gasteiger partial charge in [0.2, 0.25) is 0 Å². The number of carbonyl (C=O) groups excluding carboxylic acids is 1. The number of carbonyl (C=O) groups is 1. The molecule has 20 heavy (non-hydrogen) atoms. The summed E-state index contributed by atoms with van der Waals surface area (Å²) >= 11 is 0. The lowest BCUT2D eigenvalue weighted by Crippen LogP contribution is -2.08. The number of hydrogen-bond donors (Lipinski definition) is 3. The van der Waals surface area contributed by atoms with Gasteiger partial charge in [-0.15, -0.1) is 0 Å². The van der Waals surface area contributed by atoms with Gasteiger partial charge >= 0.3 is 0 Å². The smallest absolute Gasteiger partial charge is 0.193 e. The third kappa shape index (κ3) is 3.78. The van der Waals surface area contributed by atoms with Crippen molar-refractivity contribution in [1.29, 1.82) is 5.41 Å². The van der Waals surface area contributed by atoms with Crippen LogP contribution in [0.5, 0.6) is 0 Å². The van der Waals surface area contributed by atoms with E-state index in [4.69, 9.17) is 11.1 Å². The zero-order chi connectivity index (χ0) is 15.1. The van der Waals surface area contributed by atoms with Crippen molar-refractivity contribution in [2.45, 2.75) is 13.8 Å². The molecule has 0 aliphatic rings. The number of halogens is 1. The Morgan fingerprint density at radius 2 is 2.20 bits per heavy atom. The van der Waals surface area contributed by atoms with Crippen LogP contribution in [0.4, 0.5) is 4.39 Å². The molecule has 0 spiro atoms. The van der Waals surface area contributed by atoms with Crippen LogP contribution in [0.15, 0.2) is 41.4 Å². The maximum atomic E-state index is 13.0. The summed E-state index contributed by atoms with van der Waals surface area (Å²) in [5, 5.41) is 7.14. The number of alkyl halides is 1. The van der Waals surface area contributed by atoms with E-state index in [1.54, 1.807) is 32.2 Å². The Morgan fingerprint density at radius 3 is 2.75 bits per heavy atom. The van der Waals surface area contributed by atoms with Crippen molar-refractivity contribution in [3.05, 3.63) is 52.5 Å². The molecule has 0 radical (unpaired) electrons. The van der Waals surface area contributed by atoms with Gasteiger partial charge in [-0.2, -0.15) is 0 Å². The Morgan fingerprint density at radius 1 is 1.50 bits per heavy atom. The summed E-state index contributed by atoms with van der Waals surface area (Å²) in [6.07, 6.45) is 8.96. The van der Waals surface area contributed by atoms with E-state index >= 15 is 0 Å². The van der Waals surface area contributed by atoms with Crippen molar-refractivity contribution in [2.75, 3.05) is 6.67 Å². The molecule has 0 saturated heterocycles. The van der Waals surface area contributed by atoms with Crippen LogP contribution in [0.3, 0.4) is 0 Å². The number of allylic oxidation sites excluding steroid dienone is 4. The molecule has 0 atom stereocenters. The van der Waals surface area contributed by atoms with Crippen LogP contribution in [0.25, 0.3) is 6.08 Å². The Bertz CT molecular complexity index is 594. The average Bonchev–Trinajstić information content (AvgIpc) is 2.91. The topological polar surface area (TPSA) is 82.7 Å². The number of Topliss-reactive ketones (excluding diaryl/α,β-unsaturated/α-hetero) is 1. The number of H-pyrrole nitrogens is 1. The minimum Gasteiger partial charge on any atom is -0.399 e. The van der Waals surface area contributed by atoms with E-state index in [2.05, 4.69) is 4.98 Å². The Hall–Kier alpha value is -2.43. The van der Waals surface area contributed by atoms with Crippen molar-refractivity contribution in [1.82, 2.24) is 4.98 Å². The highest BCUT2D eigenvalue weighted by Crippen LogP contribution is 2.17. The second kappa shape index (κ2) is 7.23. The predicted molar refractivity (Wildman–Crippen MR) is 79.6 cm³/mol. The van der Waals surface area contributed by atoms with Crippen molar-refractivity contribution in [3.63, 3.8) is 0 Å². The minimum absolute atomic E-state index is 0.00218. The highest BCUT2D eigenvalue weighted by Gasteiger charge is 2.16. The molecule has 4 N–H and O–H groups in total. The summed E-state index contributed by atoms with van der Waals surface area (Å²) < 4.78 is 13.0. The summed E-state index contributed by atoms with van der Waals surface area (Å²) in [6, 6.07) is 0. The molecule has 1 aromatic rings. The SMILES string of the molecule is C/C=C(N)\C=C(/CF)C(=O)c1c[nH]cc1/C=C(/C)C=N. The van der Waals surface area contributed by atoms with E-state index in [0.717, 1.165) is 0 Å². The van der Waals surface area contributed by atoms with Crippen LogP contribution in [0, 0.1) is 5.41 Å². The third-order valence-corrected chi connectivity index (χ3v) is 2.74. The van der Waals surface area contributed by atoms with Crippen molar-refractivity contribution < 1.29 is 9.18 Å². The van der Waals surface area contributed by atoms with Gasteiger partial charge in [-0.1, -0.05) is 6.08 Å². The molecule has 0 aromatic carbocycles. The molecule has 106 valence electrons. The van der Waals surface area contributed by atoms with Crippen LogP contribution in [0.1, 0.15) is 29.8 Å². The fraction of sp³-hybridized carbons (Fsp3) is 0.200. The molecule has 4 nitrogen and oxygen atoms in total. The van der Waals surface area contributed by atoms with Gasteiger partial charge in [0.05, 0.1) is 0 Å². The van der Waals surface area contributed by atoms with E-state index in [9.17, 15) is 9.18 Å². The normalized spacial score (nSPS) is 13.4. The molecule has 0 aliphatic carbocycles. The van der Waals surface area contributed by atoms with E-state index in [1.807, 2.05) is 0 Å². The molecule has 0 aliphatic heterocycles. The van der Waals surface area contributed by atoms with E-state index in [-0.39, 0.29) is 5.57 Å². The lowest BCUT2D eigenvalue weighted by molar-refractivity contribution is 0.102. The van der Waals surface area contributed by atoms with Gasteiger partial charge < -0.3 is 16.1 Å². The first-order chi connectivity index (χ1) is 9.53. The van der Waals surface area contributed by atoms with Gasteiger partial charge in [-0.25, -0.2) is 4.39 Å². The maximum absolute atomic E-state index is 13.0. The number of aromatic amines is 1. The molecule has 0 amide bonds. The van der Waals surface area contributed by atoms with Gasteiger partial charge in [0.1, 0.15) is 6.67 Å². The van der Waals surface area contributed by atoms with Crippen molar-refractivity contribution >= 4 is 18.1 Å². The number of aromatic nitrogens is 1. The molecule has 1 rings (SSSR count). The fourth-order valence-corrected chi connectivity index (χ4v) is 1.60. The summed E-state index contributed by atoms with van der Waals surface area (Å²) in [6.45, 7) is 2.58. The molecule has 0 unspecified atom stereocenters. The monoisotopic (exact) mass is 275 g/mol. The van der Waals surface area contributed by atoms with Crippen molar-refractivity contribution in [3.8, 4) is 0 Å². The van der Waals surface area contributed by atoms with Crippen LogP contribution < -0.4 is 5.73 Å². The lowest BCUT2D eigenvalue weighted by Gasteiger charge is -2.03. The quantitative estimate of drug-likeness (QED) is 0.323. The molecule has 0 fully saturated rings. The summed E-state index contributed by atoms with van der Waals surface area (Å²) in [7, 11) is 0. The van der Waals surface area contributed by atoms with E-state index in [0.29, 0.717) is 22.4 Å². The van der Waals surface area contributed by atoms with Gasteiger partial charge in [-0.3, -0.25) is 4.79 Å². The maximum Gasteiger partial charge on any atom is 0.193 e. The van der Waals surface area contributed by atoms with Gasteiger partial charge in [0, 0.05) is 41.0 Å². The molecular formula is C15H18FN3O. The number of hydrogen-bond acceptors (Lipinski definition) is 3. The Kier molecular flexibility index (Phi) is 5.65. The van der Waals surface area contributed by atoms with Gasteiger partial charge in [-0.05, 0) is 31.6 Å². The standard InChI is InChI=1S/C15H18FN3O/c1-3-13(18)5-11(6-16)15(20)14-9-19-8-12(14)4-10(2)7-17/h3-5,7-9,17,19H,6,18H2,1-2H3/b10-4-,11-5+,13-3+,17-7?. The zero-order valence-electron chi connectivity index (χ0n) is 11.5. The third-order valence-electron chi connectivity index (χ3n) is 2.74. The molecule has 0 bridgehead atoms. The first kappa shape index (κ1) is 15.6. The van der Waals surface area contributed by atoms with Crippen molar-refractivity contribution in [2.24, 2.45) is 5.73 Å². The Balaban J connectivity index is 3.19. The molecular weight excluding hydrogens is 257 g/mol. The molecule has 5 heteroatoms. The molecule has 1 aromatic heterocycles. The summed E-state index contributed by atoms with van der Waals surface area (Å²) in [5.74, 6) is -0.414. The number of rotatable bonds is 6. The first-order valence-electron chi connectivity index (χ1n) is 6.12. The largest absolute Gasteiger partial charge is 0.399 e. The summed E-state index contributed by atoms with van der Waals surface area (Å²) in [5.41, 5.74) is 7.61. The van der Waals surface area contributed by atoms with Crippen LogP contribution in [-0.4, -0.2) is 23.7 Å². The first-order valence-corrected chi connectivity index (χ1v) is 6.12. The Labute approximate surface area is 117 Å². The van der Waals surface area contributed by atoms with Crippen LogP contribution in [0.2, 0.25) is 0 Å². The highest BCUT2D eigenvalue weighted by molar-refractivity contribution is 6.11. The fourth-order valence-electron chi connectivity index (χ4n) is 1.60. The van der Waals surface area contributed by atoms with Crippen LogP contribution >= 0.6 is 0 Å². The molecule has 1 heterocycles. The lowest BCUT2D eigenvalue weighted by atomic mass is 10.0. The number of nitrogens with two attached hydrogens (primary N) is 1. The minimum atomic E-state index is -0.884. The second-order valence-corrected chi connectivity index (χ2v) is 4.28. The predicted octanol–water partition coefficient (Wildman–Crippen LogP) is 3.01. The second-order valence-electron chi connectivity index (χ2n) is 4.28. The summed E-state index contributed by atoms with van der Waals surface area (Å²) in [4.78, 5) is 15.1. The highest BCUT2D eigenvalue weighted by atomic mass is 19.1. The van der Waals surface area contributed by atoms with Gasteiger partial charge in [0.25, 0.3) is 0 Å². The average molecular weight is 275 g/mol. The number of ketones is 1. The van der Waals surface area contributed by atoms with Gasteiger partial charge in [0.15, 0.2) is 5.78 Å². The number of nitrogens with one attached hydrogen (secondary N) is 2. The molecule has 0 saturated carbocycles.